The second-order valence-electron chi connectivity index (χ2n) is 8.45. The zero-order valence-corrected chi connectivity index (χ0v) is 17.8. The summed E-state index contributed by atoms with van der Waals surface area (Å²) in [4.78, 5) is 39.2. The monoisotopic (exact) mass is 434 g/mol. The smallest absolute Gasteiger partial charge is 0.291 e. The number of nitro benzene ring substituents is 1. The van der Waals surface area contributed by atoms with Crippen LogP contribution >= 0.6 is 0 Å². The zero-order chi connectivity index (χ0) is 22.6. The zero-order valence-electron chi connectivity index (χ0n) is 17.8. The van der Waals surface area contributed by atoms with Crippen LogP contribution in [0, 0.1) is 24.0 Å². The molecule has 0 saturated carbocycles. The normalized spacial score (nSPS) is 20.2. The minimum Gasteiger partial charge on any atom is -0.450 e. The van der Waals surface area contributed by atoms with Crippen molar-refractivity contribution >= 4 is 22.6 Å². The van der Waals surface area contributed by atoms with Crippen LogP contribution in [0.5, 0.6) is 0 Å². The standard InChI is InChI=1S/C24H22N2O6/c1-13-10-18-19(11-14(13)2)32-23-20(22(18)27)21(15-5-7-16(8-6-15)26(29)30)25(24(23)28)12-17-4-3-9-31-17/h5-8,10-11,17,21H,3-4,9,12H2,1-2H3/t17-,21-/m1/s1. The third kappa shape index (κ3) is 3.18. The highest BCUT2D eigenvalue weighted by Gasteiger charge is 2.44. The molecule has 8 heteroatoms. The quantitative estimate of drug-likeness (QED) is 0.453. The second kappa shape index (κ2) is 7.56. The van der Waals surface area contributed by atoms with E-state index in [4.69, 9.17) is 9.15 Å². The van der Waals surface area contributed by atoms with E-state index >= 15 is 0 Å². The van der Waals surface area contributed by atoms with Crippen molar-refractivity contribution in [1.82, 2.24) is 4.90 Å². The SMILES string of the molecule is Cc1cc2oc3c(c(=O)c2cc1C)[C@@H](c1ccc([N+](=O)[O-])cc1)N(C[C@H]1CCCO1)C3=O. The average Bonchev–Trinajstić information content (AvgIpc) is 3.38. The maximum atomic E-state index is 13.6. The Morgan fingerprint density at radius 2 is 1.84 bits per heavy atom. The first-order chi connectivity index (χ1) is 15.3. The van der Waals surface area contributed by atoms with E-state index in [0.29, 0.717) is 29.7 Å². The highest BCUT2D eigenvalue weighted by molar-refractivity contribution is 5.99. The van der Waals surface area contributed by atoms with Gasteiger partial charge in [-0.15, -0.1) is 0 Å². The predicted octanol–water partition coefficient (Wildman–Crippen LogP) is 4.04. The highest BCUT2D eigenvalue weighted by atomic mass is 16.6. The number of aryl methyl sites for hydroxylation is 2. The molecule has 8 nitrogen and oxygen atoms in total. The Kier molecular flexibility index (Phi) is 4.82. The fourth-order valence-corrected chi connectivity index (χ4v) is 4.60. The molecule has 1 fully saturated rings. The first-order valence-corrected chi connectivity index (χ1v) is 10.6. The van der Waals surface area contributed by atoms with Gasteiger partial charge in [-0.2, -0.15) is 0 Å². The molecule has 0 aliphatic carbocycles. The van der Waals surface area contributed by atoms with E-state index in [0.717, 1.165) is 24.0 Å². The summed E-state index contributed by atoms with van der Waals surface area (Å²) in [7, 11) is 0. The number of rotatable bonds is 4. The lowest BCUT2D eigenvalue weighted by Crippen LogP contribution is -2.36. The molecule has 3 heterocycles. The molecule has 2 aromatic carbocycles. The van der Waals surface area contributed by atoms with Crippen molar-refractivity contribution < 1.29 is 18.9 Å². The van der Waals surface area contributed by atoms with Gasteiger partial charge in [0.2, 0.25) is 5.76 Å². The number of nitrogens with zero attached hydrogens (tertiary/aromatic N) is 2. The van der Waals surface area contributed by atoms with Gasteiger partial charge in [-0.25, -0.2) is 0 Å². The molecule has 5 rings (SSSR count). The maximum Gasteiger partial charge on any atom is 0.291 e. The number of hydrogen-bond acceptors (Lipinski definition) is 6. The van der Waals surface area contributed by atoms with E-state index in [9.17, 15) is 19.7 Å². The third-order valence-electron chi connectivity index (χ3n) is 6.43. The van der Waals surface area contributed by atoms with E-state index < -0.39 is 11.0 Å². The van der Waals surface area contributed by atoms with Crippen LogP contribution in [0.2, 0.25) is 0 Å². The molecule has 2 atom stereocenters. The number of carbonyl (C=O) groups excluding carboxylic acids is 1. The van der Waals surface area contributed by atoms with Crippen LogP contribution in [0.25, 0.3) is 11.0 Å². The van der Waals surface area contributed by atoms with Crippen molar-refractivity contribution in [2.45, 2.75) is 38.8 Å². The molecule has 3 aromatic rings. The molecule has 2 aliphatic rings. The van der Waals surface area contributed by atoms with Crippen molar-refractivity contribution in [3.63, 3.8) is 0 Å². The average molecular weight is 434 g/mol. The first kappa shape index (κ1) is 20.4. The minimum absolute atomic E-state index is 0.0344. The van der Waals surface area contributed by atoms with Gasteiger partial charge in [0.05, 0.1) is 28.0 Å². The third-order valence-corrected chi connectivity index (χ3v) is 6.43. The van der Waals surface area contributed by atoms with Gasteiger partial charge in [0, 0.05) is 25.3 Å². The lowest BCUT2D eigenvalue weighted by molar-refractivity contribution is -0.384. The van der Waals surface area contributed by atoms with Crippen molar-refractivity contribution in [2.75, 3.05) is 13.2 Å². The number of benzene rings is 2. The van der Waals surface area contributed by atoms with Crippen LogP contribution in [0.15, 0.2) is 45.6 Å². The molecule has 0 spiro atoms. The van der Waals surface area contributed by atoms with Crippen molar-refractivity contribution in [3.8, 4) is 0 Å². The Hall–Kier alpha value is -3.52. The van der Waals surface area contributed by atoms with Gasteiger partial charge < -0.3 is 14.1 Å². The summed E-state index contributed by atoms with van der Waals surface area (Å²) in [6.07, 6.45) is 1.62. The molecule has 1 aromatic heterocycles. The molecule has 0 bridgehead atoms. The van der Waals surface area contributed by atoms with Crippen LogP contribution in [0.3, 0.4) is 0 Å². The minimum atomic E-state index is -0.690. The summed E-state index contributed by atoms with van der Waals surface area (Å²) in [5.41, 5.74) is 2.89. The van der Waals surface area contributed by atoms with E-state index in [-0.39, 0.29) is 34.5 Å². The molecule has 32 heavy (non-hydrogen) atoms. The van der Waals surface area contributed by atoms with Gasteiger partial charge in [-0.05, 0) is 67.6 Å². The first-order valence-electron chi connectivity index (χ1n) is 10.6. The Bertz CT molecular complexity index is 1300. The summed E-state index contributed by atoms with van der Waals surface area (Å²) in [6, 6.07) is 8.84. The summed E-state index contributed by atoms with van der Waals surface area (Å²) < 4.78 is 11.7. The lowest BCUT2D eigenvalue weighted by Gasteiger charge is -2.27. The summed E-state index contributed by atoms with van der Waals surface area (Å²) in [5.74, 6) is -0.330. The second-order valence-corrected chi connectivity index (χ2v) is 8.45. The number of fused-ring (bicyclic) bond motifs is 2. The summed E-state index contributed by atoms with van der Waals surface area (Å²) in [5, 5.41) is 11.5. The van der Waals surface area contributed by atoms with E-state index in [1.165, 1.54) is 12.1 Å². The molecule has 0 unspecified atom stereocenters. The molecule has 1 saturated heterocycles. The molecule has 0 radical (unpaired) electrons. The number of non-ortho nitro benzene ring substituents is 1. The molecule has 1 amide bonds. The van der Waals surface area contributed by atoms with E-state index in [1.807, 2.05) is 13.8 Å². The molecular weight excluding hydrogens is 412 g/mol. The van der Waals surface area contributed by atoms with Gasteiger partial charge in [-0.1, -0.05) is 0 Å². The van der Waals surface area contributed by atoms with Crippen LogP contribution in [-0.2, 0) is 4.74 Å². The molecular formula is C24H22N2O6. The number of hydrogen-bond donors (Lipinski definition) is 0. The van der Waals surface area contributed by atoms with Crippen LogP contribution in [-0.4, -0.2) is 35.0 Å². The van der Waals surface area contributed by atoms with Crippen LogP contribution < -0.4 is 5.43 Å². The maximum absolute atomic E-state index is 13.6. The fourth-order valence-electron chi connectivity index (χ4n) is 4.60. The Labute approximate surface area is 183 Å². The summed E-state index contributed by atoms with van der Waals surface area (Å²) >= 11 is 0. The lowest BCUT2D eigenvalue weighted by atomic mass is 9.97. The van der Waals surface area contributed by atoms with Gasteiger partial charge in [-0.3, -0.25) is 19.7 Å². The Morgan fingerprint density at radius 3 is 2.50 bits per heavy atom. The molecule has 2 aliphatic heterocycles. The molecule has 164 valence electrons. The Morgan fingerprint density at radius 1 is 1.12 bits per heavy atom. The van der Waals surface area contributed by atoms with Gasteiger partial charge in [0.1, 0.15) is 5.58 Å². The fraction of sp³-hybridized carbons (Fsp3) is 0.333. The van der Waals surface area contributed by atoms with Gasteiger partial charge >= 0.3 is 0 Å². The number of nitro groups is 1. The van der Waals surface area contributed by atoms with Crippen molar-refractivity contribution in [2.24, 2.45) is 0 Å². The van der Waals surface area contributed by atoms with Crippen molar-refractivity contribution in [1.29, 1.82) is 0 Å². The largest absolute Gasteiger partial charge is 0.450 e. The topological polar surface area (TPSA) is 103 Å². The number of amides is 1. The van der Waals surface area contributed by atoms with Crippen molar-refractivity contribution in [3.05, 3.63) is 84.7 Å². The van der Waals surface area contributed by atoms with Gasteiger partial charge in [0.25, 0.3) is 11.6 Å². The number of carbonyl (C=O) groups is 1. The van der Waals surface area contributed by atoms with Crippen LogP contribution in [0.4, 0.5) is 5.69 Å². The highest BCUT2D eigenvalue weighted by Crippen LogP contribution is 2.39. The molecule has 0 N–H and O–H groups in total. The van der Waals surface area contributed by atoms with E-state index in [2.05, 4.69) is 0 Å². The van der Waals surface area contributed by atoms with E-state index in [1.54, 1.807) is 29.2 Å². The Balaban J connectivity index is 1.70. The van der Waals surface area contributed by atoms with Crippen LogP contribution in [0.1, 0.15) is 51.7 Å². The predicted molar refractivity (Wildman–Crippen MR) is 117 cm³/mol. The van der Waals surface area contributed by atoms with Gasteiger partial charge in [0.15, 0.2) is 5.43 Å². The summed E-state index contributed by atoms with van der Waals surface area (Å²) in [6.45, 7) is 4.80. The number of ether oxygens (including phenoxy) is 1.